The van der Waals surface area contributed by atoms with Gasteiger partial charge >= 0.3 is 5.97 Å². The third kappa shape index (κ3) is 3.03. The third-order valence-corrected chi connectivity index (χ3v) is 2.77. The number of rotatable bonds is 3. The van der Waals surface area contributed by atoms with Crippen LogP contribution >= 0.6 is 0 Å². The highest BCUT2D eigenvalue weighted by molar-refractivity contribution is 5.92. The molecule has 0 spiro atoms. The molecule has 0 radical (unpaired) electrons. The van der Waals surface area contributed by atoms with E-state index in [9.17, 15) is 15.2 Å². The fourth-order valence-corrected chi connectivity index (χ4v) is 1.71. The molecule has 0 atom stereocenters. The van der Waals surface area contributed by atoms with Crippen molar-refractivity contribution in [3.05, 3.63) is 65.2 Å². The van der Waals surface area contributed by atoms with Gasteiger partial charge in [-0.25, -0.2) is 4.79 Å². The summed E-state index contributed by atoms with van der Waals surface area (Å²) in [4.78, 5) is 10.8. The zero-order chi connectivity index (χ0) is 14.5. The van der Waals surface area contributed by atoms with E-state index in [2.05, 4.69) is 6.07 Å². The number of aromatic hydroxyl groups is 1. The maximum absolute atomic E-state index is 10.8. The SMILES string of the molecule is N#C/C(=C/c1ccc(O)cc1)c1ccc(C(=O)O)cc1. The fourth-order valence-electron chi connectivity index (χ4n) is 1.71. The topological polar surface area (TPSA) is 81.3 Å². The van der Waals surface area contributed by atoms with Crippen molar-refractivity contribution in [3.63, 3.8) is 0 Å². The van der Waals surface area contributed by atoms with Crippen LogP contribution < -0.4 is 0 Å². The summed E-state index contributed by atoms with van der Waals surface area (Å²) in [5.74, 6) is -0.843. The highest BCUT2D eigenvalue weighted by Gasteiger charge is 2.05. The summed E-state index contributed by atoms with van der Waals surface area (Å²) in [5, 5.41) is 27.2. The molecule has 0 heterocycles. The number of hydrogen-bond donors (Lipinski definition) is 2. The van der Waals surface area contributed by atoms with E-state index in [0.29, 0.717) is 11.1 Å². The number of hydrogen-bond acceptors (Lipinski definition) is 3. The Balaban J connectivity index is 2.35. The number of nitriles is 1. The number of aromatic carboxylic acids is 1. The van der Waals surface area contributed by atoms with Crippen molar-refractivity contribution < 1.29 is 15.0 Å². The minimum Gasteiger partial charge on any atom is -0.508 e. The predicted octanol–water partition coefficient (Wildman–Crippen LogP) is 3.15. The maximum atomic E-state index is 10.8. The molecule has 2 N–H and O–H groups in total. The van der Waals surface area contributed by atoms with E-state index in [4.69, 9.17) is 5.11 Å². The Morgan fingerprint density at radius 1 is 1.00 bits per heavy atom. The predicted molar refractivity (Wildman–Crippen MR) is 75.0 cm³/mol. The molecule has 0 unspecified atom stereocenters. The van der Waals surface area contributed by atoms with Gasteiger partial charge in [0.15, 0.2) is 0 Å². The zero-order valence-corrected chi connectivity index (χ0v) is 10.4. The lowest BCUT2D eigenvalue weighted by molar-refractivity contribution is 0.0697. The molecule has 0 aliphatic heterocycles. The summed E-state index contributed by atoms with van der Waals surface area (Å²) in [6.45, 7) is 0. The average molecular weight is 265 g/mol. The van der Waals surface area contributed by atoms with Crippen molar-refractivity contribution in [1.29, 1.82) is 5.26 Å². The quantitative estimate of drug-likeness (QED) is 0.659. The Labute approximate surface area is 115 Å². The minimum atomic E-state index is -1.00. The number of phenols is 1. The first-order valence-electron chi connectivity index (χ1n) is 5.85. The lowest BCUT2D eigenvalue weighted by Gasteiger charge is -2.01. The van der Waals surface area contributed by atoms with E-state index in [-0.39, 0.29) is 11.3 Å². The molecule has 2 aromatic rings. The normalized spacial score (nSPS) is 10.8. The number of allylic oxidation sites excluding steroid dienone is 1. The Kier molecular flexibility index (Phi) is 3.82. The highest BCUT2D eigenvalue weighted by atomic mass is 16.4. The molecule has 0 aliphatic rings. The summed E-state index contributed by atoms with van der Waals surface area (Å²) >= 11 is 0. The van der Waals surface area contributed by atoms with E-state index >= 15 is 0 Å². The zero-order valence-electron chi connectivity index (χ0n) is 10.4. The second-order valence-corrected chi connectivity index (χ2v) is 4.14. The molecule has 2 rings (SSSR count). The molecule has 0 fully saturated rings. The number of carboxylic acids is 1. The van der Waals surface area contributed by atoms with Crippen molar-refractivity contribution >= 4 is 17.6 Å². The van der Waals surface area contributed by atoms with Crippen LogP contribution in [0, 0.1) is 11.3 Å². The summed E-state index contributed by atoms with van der Waals surface area (Å²) in [6, 6.07) is 14.6. The number of benzene rings is 2. The first-order chi connectivity index (χ1) is 9.60. The molecule has 0 bridgehead atoms. The lowest BCUT2D eigenvalue weighted by atomic mass is 10.0. The number of carbonyl (C=O) groups is 1. The Bertz CT molecular complexity index is 692. The van der Waals surface area contributed by atoms with Crippen LogP contribution in [0.1, 0.15) is 21.5 Å². The van der Waals surface area contributed by atoms with Gasteiger partial charge in [-0.3, -0.25) is 0 Å². The highest BCUT2D eigenvalue weighted by Crippen LogP contribution is 2.19. The van der Waals surface area contributed by atoms with Gasteiger partial charge in [-0.1, -0.05) is 24.3 Å². The number of nitrogens with zero attached hydrogens (tertiary/aromatic N) is 1. The van der Waals surface area contributed by atoms with Crippen LogP contribution in [0.5, 0.6) is 5.75 Å². The molecule has 98 valence electrons. The van der Waals surface area contributed by atoms with Crippen LogP contribution in [-0.4, -0.2) is 16.2 Å². The number of phenolic OH excluding ortho intramolecular Hbond substituents is 1. The monoisotopic (exact) mass is 265 g/mol. The summed E-state index contributed by atoms with van der Waals surface area (Å²) in [6.07, 6.45) is 1.68. The van der Waals surface area contributed by atoms with E-state index < -0.39 is 5.97 Å². The van der Waals surface area contributed by atoms with E-state index in [1.54, 1.807) is 30.3 Å². The Hall–Kier alpha value is -3.06. The molecular formula is C16H11NO3. The van der Waals surface area contributed by atoms with Gasteiger partial charge in [-0.2, -0.15) is 5.26 Å². The van der Waals surface area contributed by atoms with Gasteiger partial charge in [0.2, 0.25) is 0 Å². The van der Waals surface area contributed by atoms with Crippen LogP contribution in [0.25, 0.3) is 11.6 Å². The molecule has 4 heteroatoms. The molecule has 2 aromatic carbocycles. The molecule has 20 heavy (non-hydrogen) atoms. The minimum absolute atomic E-state index is 0.159. The van der Waals surface area contributed by atoms with E-state index in [1.165, 1.54) is 24.3 Å². The first-order valence-corrected chi connectivity index (χ1v) is 5.85. The molecule has 0 aliphatic carbocycles. The van der Waals surface area contributed by atoms with Crippen LogP contribution in [0.3, 0.4) is 0 Å². The summed E-state index contributed by atoms with van der Waals surface area (Å²) < 4.78 is 0. The van der Waals surface area contributed by atoms with Crippen LogP contribution in [0.4, 0.5) is 0 Å². The van der Waals surface area contributed by atoms with Gasteiger partial charge in [-0.05, 0) is 41.5 Å². The average Bonchev–Trinajstić information content (AvgIpc) is 2.47. The Morgan fingerprint density at radius 2 is 1.55 bits per heavy atom. The van der Waals surface area contributed by atoms with Crippen molar-refractivity contribution in [2.75, 3.05) is 0 Å². The standard InChI is InChI=1S/C16H11NO3/c17-10-14(9-11-1-7-15(18)8-2-11)12-3-5-13(6-4-12)16(19)20/h1-9,18H,(H,19,20)/b14-9-. The van der Waals surface area contributed by atoms with Gasteiger partial charge in [0.05, 0.1) is 17.2 Å². The molecule has 0 saturated heterocycles. The van der Waals surface area contributed by atoms with Crippen molar-refractivity contribution in [3.8, 4) is 11.8 Å². The van der Waals surface area contributed by atoms with Crippen molar-refractivity contribution in [1.82, 2.24) is 0 Å². The van der Waals surface area contributed by atoms with Crippen molar-refractivity contribution in [2.45, 2.75) is 0 Å². The van der Waals surface area contributed by atoms with E-state index in [1.807, 2.05) is 0 Å². The van der Waals surface area contributed by atoms with E-state index in [0.717, 1.165) is 5.56 Å². The molecule has 4 nitrogen and oxygen atoms in total. The first kappa shape index (κ1) is 13.4. The summed E-state index contributed by atoms with van der Waals surface area (Å²) in [7, 11) is 0. The molecular weight excluding hydrogens is 254 g/mol. The Morgan fingerprint density at radius 3 is 2.05 bits per heavy atom. The third-order valence-electron chi connectivity index (χ3n) is 2.77. The van der Waals surface area contributed by atoms with Crippen LogP contribution in [0.15, 0.2) is 48.5 Å². The van der Waals surface area contributed by atoms with Gasteiger partial charge in [0.25, 0.3) is 0 Å². The smallest absolute Gasteiger partial charge is 0.335 e. The molecule has 0 aromatic heterocycles. The summed E-state index contributed by atoms with van der Waals surface area (Å²) in [5.41, 5.74) is 2.02. The maximum Gasteiger partial charge on any atom is 0.335 e. The fraction of sp³-hybridized carbons (Fsp3) is 0. The second-order valence-electron chi connectivity index (χ2n) is 4.14. The van der Waals surface area contributed by atoms with Gasteiger partial charge < -0.3 is 10.2 Å². The number of carboxylic acid groups (broad SMARTS) is 1. The largest absolute Gasteiger partial charge is 0.508 e. The van der Waals surface area contributed by atoms with Crippen LogP contribution in [-0.2, 0) is 0 Å². The molecule has 0 amide bonds. The second kappa shape index (κ2) is 5.72. The van der Waals surface area contributed by atoms with Crippen molar-refractivity contribution in [2.24, 2.45) is 0 Å². The lowest BCUT2D eigenvalue weighted by Crippen LogP contribution is -1.95. The van der Waals surface area contributed by atoms with Crippen LogP contribution in [0.2, 0.25) is 0 Å². The molecule has 0 saturated carbocycles. The van der Waals surface area contributed by atoms with Gasteiger partial charge in [-0.15, -0.1) is 0 Å². The van der Waals surface area contributed by atoms with Gasteiger partial charge in [0, 0.05) is 0 Å². The van der Waals surface area contributed by atoms with Gasteiger partial charge in [0.1, 0.15) is 5.75 Å².